The van der Waals surface area contributed by atoms with E-state index in [0.717, 1.165) is 0 Å². The Hall–Kier alpha value is -5.07. The van der Waals surface area contributed by atoms with Crippen molar-refractivity contribution in [1.29, 1.82) is 0 Å². The maximum Gasteiger partial charge on any atom is 0.409 e. The summed E-state index contributed by atoms with van der Waals surface area (Å²) in [5.74, 6) is -2.38. The standard InChI is InChI=1S/C34H40FN3O9/c1-10-46-31(41)34(16-18(2)3,37-32(42)47-33(4,5)6)38-17-22(21-15-20(35)11-12-23(21)38)27-26(29(39)36-30(27)40)19-13-24(43-7)28(45-9)25(14-19)44-8/h11-15,17-18H,10,16H2,1-9H3,(H,37,42)(H,36,39,40). The summed E-state index contributed by atoms with van der Waals surface area (Å²) < 4.78 is 43.8. The van der Waals surface area contributed by atoms with Gasteiger partial charge in [0.05, 0.1) is 44.6 Å². The number of amides is 3. The Balaban J connectivity index is 2.11. The molecule has 0 saturated heterocycles. The first kappa shape index (κ1) is 34.8. The monoisotopic (exact) mass is 653 g/mol. The van der Waals surface area contributed by atoms with E-state index in [-0.39, 0.29) is 69.4 Å². The number of hydrogen-bond donors (Lipinski definition) is 2. The molecule has 1 aromatic heterocycles. The predicted molar refractivity (Wildman–Crippen MR) is 171 cm³/mol. The molecule has 0 fully saturated rings. The molecule has 2 heterocycles. The lowest BCUT2D eigenvalue weighted by Crippen LogP contribution is -2.58. The smallest absolute Gasteiger partial charge is 0.409 e. The molecule has 1 aliphatic heterocycles. The molecular formula is C34H40FN3O9. The number of methoxy groups -OCH3 is 3. The number of fused-ring (bicyclic) bond motifs is 1. The zero-order chi connectivity index (χ0) is 34.8. The highest BCUT2D eigenvalue weighted by molar-refractivity contribution is 6.50. The van der Waals surface area contributed by atoms with E-state index in [1.54, 1.807) is 27.7 Å². The second kappa shape index (κ2) is 13.3. The number of hydrogen-bond acceptors (Lipinski definition) is 9. The molecule has 0 spiro atoms. The number of rotatable bonds is 11. The van der Waals surface area contributed by atoms with E-state index in [0.29, 0.717) is 0 Å². The van der Waals surface area contributed by atoms with Crippen molar-refractivity contribution in [2.24, 2.45) is 5.92 Å². The normalized spacial score (nSPS) is 14.6. The lowest BCUT2D eigenvalue weighted by atomic mass is 9.95. The summed E-state index contributed by atoms with van der Waals surface area (Å²) in [5, 5.41) is 5.26. The first-order valence-corrected chi connectivity index (χ1v) is 15.0. The highest BCUT2D eigenvalue weighted by atomic mass is 19.1. The quantitative estimate of drug-likeness (QED) is 0.212. The van der Waals surface area contributed by atoms with Crippen molar-refractivity contribution in [1.82, 2.24) is 15.2 Å². The molecule has 1 atom stereocenters. The largest absolute Gasteiger partial charge is 0.493 e. The molecule has 12 nitrogen and oxygen atoms in total. The second-order valence-corrected chi connectivity index (χ2v) is 12.3. The zero-order valence-corrected chi connectivity index (χ0v) is 28.0. The molecule has 0 aliphatic carbocycles. The third kappa shape index (κ3) is 6.74. The van der Waals surface area contributed by atoms with Gasteiger partial charge in [-0.15, -0.1) is 0 Å². The van der Waals surface area contributed by atoms with Gasteiger partial charge in [0.25, 0.3) is 11.8 Å². The number of ether oxygens (including phenoxy) is 5. The summed E-state index contributed by atoms with van der Waals surface area (Å²) in [6, 6.07) is 6.83. The Bertz CT molecular complexity index is 1740. The predicted octanol–water partition coefficient (Wildman–Crippen LogP) is 5.16. The fourth-order valence-corrected chi connectivity index (χ4v) is 5.69. The van der Waals surface area contributed by atoms with Crippen LogP contribution in [0.5, 0.6) is 17.2 Å². The summed E-state index contributed by atoms with van der Waals surface area (Å²) in [7, 11) is 4.25. The fraction of sp³-hybridized carbons (Fsp3) is 0.412. The molecule has 0 radical (unpaired) electrons. The highest BCUT2D eigenvalue weighted by Crippen LogP contribution is 2.44. The van der Waals surface area contributed by atoms with Crippen LogP contribution in [-0.2, 0) is 29.5 Å². The number of esters is 1. The van der Waals surface area contributed by atoms with Crippen molar-refractivity contribution in [3.63, 3.8) is 0 Å². The SMILES string of the molecule is CCOC(=O)C(CC(C)C)(NC(=O)OC(C)(C)C)n1cc(C2=C(c3cc(OC)c(OC)c(OC)c3)C(=O)NC2=O)c2cc(F)ccc21. The summed E-state index contributed by atoms with van der Waals surface area (Å²) in [5.41, 5.74) is -2.32. The highest BCUT2D eigenvalue weighted by Gasteiger charge is 2.47. The molecule has 3 amide bonds. The van der Waals surface area contributed by atoms with Crippen LogP contribution < -0.4 is 24.8 Å². The van der Waals surface area contributed by atoms with Crippen LogP contribution in [0.3, 0.4) is 0 Å². The van der Waals surface area contributed by atoms with Crippen molar-refractivity contribution in [2.75, 3.05) is 27.9 Å². The minimum absolute atomic E-state index is 0.0112. The molecule has 13 heteroatoms. The van der Waals surface area contributed by atoms with Gasteiger partial charge in [-0.1, -0.05) is 13.8 Å². The van der Waals surface area contributed by atoms with E-state index in [1.807, 2.05) is 13.8 Å². The molecule has 0 bridgehead atoms. The van der Waals surface area contributed by atoms with Crippen LogP contribution in [0.1, 0.15) is 59.1 Å². The molecule has 4 rings (SSSR count). The molecule has 2 aromatic carbocycles. The molecule has 252 valence electrons. The van der Waals surface area contributed by atoms with Crippen molar-refractivity contribution in [2.45, 2.75) is 59.2 Å². The van der Waals surface area contributed by atoms with Crippen LogP contribution >= 0.6 is 0 Å². The van der Waals surface area contributed by atoms with Gasteiger partial charge in [-0.05, 0) is 69.5 Å². The van der Waals surface area contributed by atoms with E-state index in [4.69, 9.17) is 23.7 Å². The zero-order valence-electron chi connectivity index (χ0n) is 28.0. The van der Waals surface area contributed by atoms with E-state index in [9.17, 15) is 23.6 Å². The molecule has 47 heavy (non-hydrogen) atoms. The minimum Gasteiger partial charge on any atom is -0.493 e. The summed E-state index contributed by atoms with van der Waals surface area (Å²) >= 11 is 0. The van der Waals surface area contributed by atoms with Gasteiger partial charge in [-0.2, -0.15) is 0 Å². The lowest BCUT2D eigenvalue weighted by molar-refractivity contribution is -0.157. The van der Waals surface area contributed by atoms with Gasteiger partial charge in [0.2, 0.25) is 11.4 Å². The van der Waals surface area contributed by atoms with Gasteiger partial charge in [0.15, 0.2) is 11.5 Å². The van der Waals surface area contributed by atoms with Gasteiger partial charge < -0.3 is 28.3 Å². The van der Waals surface area contributed by atoms with E-state index in [1.165, 1.54) is 62.4 Å². The van der Waals surface area contributed by atoms with Crippen LogP contribution in [0.2, 0.25) is 0 Å². The van der Waals surface area contributed by atoms with Crippen molar-refractivity contribution in [3.05, 3.63) is 53.5 Å². The van der Waals surface area contributed by atoms with Crippen LogP contribution in [0.4, 0.5) is 9.18 Å². The molecule has 1 unspecified atom stereocenters. The molecule has 3 aromatic rings. The summed E-state index contributed by atoms with van der Waals surface area (Å²) in [4.78, 5) is 54.3. The fourth-order valence-electron chi connectivity index (χ4n) is 5.69. The summed E-state index contributed by atoms with van der Waals surface area (Å²) in [6.07, 6.45) is 0.560. The number of carbonyl (C=O) groups excluding carboxylic acids is 4. The van der Waals surface area contributed by atoms with Crippen LogP contribution in [0, 0.1) is 11.7 Å². The van der Waals surface area contributed by atoms with Gasteiger partial charge >= 0.3 is 12.1 Å². The van der Waals surface area contributed by atoms with Gasteiger partial charge in [0, 0.05) is 23.6 Å². The number of halogens is 1. The van der Waals surface area contributed by atoms with Crippen LogP contribution in [-0.4, -0.2) is 62.0 Å². The summed E-state index contributed by atoms with van der Waals surface area (Å²) in [6.45, 7) is 10.4. The number of benzene rings is 2. The average Bonchev–Trinajstić information content (AvgIpc) is 3.50. The number of aromatic nitrogens is 1. The first-order chi connectivity index (χ1) is 22.1. The van der Waals surface area contributed by atoms with Crippen LogP contribution in [0.25, 0.3) is 22.0 Å². The van der Waals surface area contributed by atoms with E-state index < -0.39 is 41.0 Å². The number of carbonyl (C=O) groups is 4. The Morgan fingerprint density at radius 3 is 2.11 bits per heavy atom. The van der Waals surface area contributed by atoms with Crippen molar-refractivity contribution in [3.8, 4) is 17.2 Å². The molecule has 1 aliphatic rings. The number of nitrogens with one attached hydrogen (secondary N) is 2. The molecule has 0 saturated carbocycles. The Kier molecular flexibility index (Phi) is 9.88. The van der Waals surface area contributed by atoms with Crippen molar-refractivity contribution < 1.29 is 47.3 Å². The van der Waals surface area contributed by atoms with Gasteiger partial charge in [-0.3, -0.25) is 20.2 Å². The average molecular weight is 654 g/mol. The topological polar surface area (TPSA) is 143 Å². The maximum absolute atomic E-state index is 14.9. The maximum atomic E-state index is 14.9. The number of alkyl carbamates (subject to hydrolysis) is 1. The second-order valence-electron chi connectivity index (χ2n) is 12.3. The number of nitrogens with zero attached hydrogens (tertiary/aromatic N) is 1. The third-order valence-electron chi connectivity index (χ3n) is 7.36. The Morgan fingerprint density at radius 2 is 1.57 bits per heavy atom. The van der Waals surface area contributed by atoms with Crippen LogP contribution in [0.15, 0.2) is 36.5 Å². The van der Waals surface area contributed by atoms with Gasteiger partial charge in [-0.25, -0.2) is 14.0 Å². The van der Waals surface area contributed by atoms with Gasteiger partial charge in [0.1, 0.15) is 11.4 Å². The lowest BCUT2D eigenvalue weighted by Gasteiger charge is -2.36. The van der Waals surface area contributed by atoms with E-state index >= 15 is 0 Å². The molecule has 2 N–H and O–H groups in total. The third-order valence-corrected chi connectivity index (χ3v) is 7.36. The Labute approximate surface area is 272 Å². The molecular weight excluding hydrogens is 613 g/mol. The minimum atomic E-state index is -1.91. The Morgan fingerprint density at radius 1 is 0.957 bits per heavy atom. The van der Waals surface area contributed by atoms with Crippen molar-refractivity contribution >= 4 is 45.9 Å². The first-order valence-electron chi connectivity index (χ1n) is 15.0. The number of imide groups is 1. The van der Waals surface area contributed by atoms with E-state index in [2.05, 4.69) is 10.6 Å².